The Balaban J connectivity index is 2.01. The average molecular weight is 326 g/mol. The first-order chi connectivity index (χ1) is 9.70. The fraction of sp³-hybridized carbons (Fsp3) is 0.375. The largest absolute Gasteiger partial charge is 0.309 e. The number of hydrogen-bond donors (Lipinski definition) is 1. The minimum atomic E-state index is 0.328. The zero-order valence-corrected chi connectivity index (χ0v) is 14.2. The molecule has 0 bridgehead atoms. The Bertz CT molecular complexity index is 522. The molecule has 1 atom stereocenters. The van der Waals surface area contributed by atoms with Crippen molar-refractivity contribution in [2.75, 3.05) is 12.3 Å². The quantitative estimate of drug-likeness (QED) is 0.670. The van der Waals surface area contributed by atoms with Crippen molar-refractivity contribution in [2.45, 2.75) is 31.2 Å². The molecule has 2 aromatic rings. The molecule has 1 nitrogen and oxygen atoms in total. The van der Waals surface area contributed by atoms with Crippen molar-refractivity contribution in [1.82, 2.24) is 5.32 Å². The van der Waals surface area contributed by atoms with Crippen LogP contribution in [-0.4, -0.2) is 12.3 Å². The molecule has 0 radical (unpaired) electrons. The van der Waals surface area contributed by atoms with E-state index >= 15 is 0 Å². The summed E-state index contributed by atoms with van der Waals surface area (Å²) in [5.74, 6) is 1.00. The van der Waals surface area contributed by atoms with Crippen LogP contribution in [0.1, 0.15) is 29.8 Å². The molecule has 1 heterocycles. The van der Waals surface area contributed by atoms with Crippen LogP contribution in [0.5, 0.6) is 0 Å². The minimum Gasteiger partial charge on any atom is -0.309 e. The van der Waals surface area contributed by atoms with Crippen molar-refractivity contribution >= 4 is 34.7 Å². The lowest BCUT2D eigenvalue weighted by molar-refractivity contribution is 0.585. The maximum absolute atomic E-state index is 6.28. The van der Waals surface area contributed by atoms with E-state index < -0.39 is 0 Å². The molecular formula is C16H20ClNS2. The molecule has 1 N–H and O–H groups in total. The summed E-state index contributed by atoms with van der Waals surface area (Å²) in [7, 11) is 0. The van der Waals surface area contributed by atoms with Gasteiger partial charge in [-0.25, -0.2) is 0 Å². The van der Waals surface area contributed by atoms with Crippen LogP contribution >= 0.6 is 34.7 Å². The van der Waals surface area contributed by atoms with Crippen LogP contribution in [0.25, 0.3) is 0 Å². The Morgan fingerprint density at radius 3 is 2.60 bits per heavy atom. The van der Waals surface area contributed by atoms with Crippen LogP contribution in [-0.2, 0) is 0 Å². The van der Waals surface area contributed by atoms with Gasteiger partial charge in [0.25, 0.3) is 0 Å². The zero-order chi connectivity index (χ0) is 14.4. The number of thiophene rings is 1. The van der Waals surface area contributed by atoms with Gasteiger partial charge in [-0.15, -0.1) is 23.1 Å². The first-order valence-electron chi connectivity index (χ1n) is 6.86. The number of thioether (sulfide) groups is 1. The molecule has 0 aliphatic heterocycles. The predicted octanol–water partition coefficient (Wildman–Crippen LogP) is 5.54. The van der Waals surface area contributed by atoms with Crippen molar-refractivity contribution in [2.24, 2.45) is 0 Å². The number of hydrogen-bond acceptors (Lipinski definition) is 3. The lowest BCUT2D eigenvalue weighted by Crippen LogP contribution is -2.23. The van der Waals surface area contributed by atoms with Crippen LogP contribution < -0.4 is 5.32 Å². The molecule has 4 heteroatoms. The van der Waals surface area contributed by atoms with E-state index in [0.29, 0.717) is 6.04 Å². The first kappa shape index (κ1) is 15.9. The van der Waals surface area contributed by atoms with E-state index in [1.165, 1.54) is 15.3 Å². The first-order valence-corrected chi connectivity index (χ1v) is 9.10. The second-order valence-corrected chi connectivity index (χ2v) is 7.21. The Morgan fingerprint density at radius 1 is 1.25 bits per heavy atom. The van der Waals surface area contributed by atoms with Gasteiger partial charge in [-0.05, 0) is 43.5 Å². The second-order valence-electron chi connectivity index (χ2n) is 4.76. The molecule has 2 rings (SSSR count). The van der Waals surface area contributed by atoms with Crippen LogP contribution in [0.3, 0.4) is 0 Å². The molecule has 1 aromatic carbocycles. The van der Waals surface area contributed by atoms with Crippen molar-refractivity contribution in [3.8, 4) is 0 Å². The Kier molecular flexibility index (Phi) is 6.43. The van der Waals surface area contributed by atoms with Crippen LogP contribution in [0, 0.1) is 6.92 Å². The SMILES string of the molecule is CCCNC(CSc1ccc(C)cc1)c1sccc1Cl. The number of halogens is 1. The van der Waals surface area contributed by atoms with Gasteiger partial charge in [0.1, 0.15) is 0 Å². The molecule has 0 amide bonds. The molecule has 20 heavy (non-hydrogen) atoms. The van der Waals surface area contributed by atoms with Crippen molar-refractivity contribution < 1.29 is 0 Å². The topological polar surface area (TPSA) is 12.0 Å². The number of benzene rings is 1. The van der Waals surface area contributed by atoms with E-state index in [-0.39, 0.29) is 0 Å². The van der Waals surface area contributed by atoms with E-state index in [0.717, 1.165) is 23.7 Å². The number of nitrogens with one attached hydrogen (secondary N) is 1. The van der Waals surface area contributed by atoms with Crippen LogP contribution in [0.2, 0.25) is 5.02 Å². The third-order valence-corrected chi connectivity index (χ3v) is 5.62. The lowest BCUT2D eigenvalue weighted by Gasteiger charge is -2.17. The molecule has 108 valence electrons. The van der Waals surface area contributed by atoms with Gasteiger partial charge in [-0.1, -0.05) is 36.2 Å². The highest BCUT2D eigenvalue weighted by atomic mass is 35.5. The standard InChI is InChI=1S/C16H20ClNS2/c1-3-9-18-15(16-14(17)8-10-19-16)11-20-13-6-4-12(2)5-7-13/h4-8,10,15,18H,3,9,11H2,1-2H3. The minimum absolute atomic E-state index is 0.328. The van der Waals surface area contributed by atoms with E-state index in [1.54, 1.807) is 11.3 Å². The summed E-state index contributed by atoms with van der Waals surface area (Å²) in [6.45, 7) is 5.33. The fourth-order valence-electron chi connectivity index (χ4n) is 1.91. The summed E-state index contributed by atoms with van der Waals surface area (Å²) in [5.41, 5.74) is 1.30. The van der Waals surface area contributed by atoms with Gasteiger partial charge < -0.3 is 5.32 Å². The Labute approximate surface area is 134 Å². The Hall–Kier alpha value is -0.480. The van der Waals surface area contributed by atoms with Gasteiger partial charge in [0.2, 0.25) is 0 Å². The highest BCUT2D eigenvalue weighted by molar-refractivity contribution is 7.99. The Morgan fingerprint density at radius 2 is 2.00 bits per heavy atom. The summed E-state index contributed by atoms with van der Waals surface area (Å²) in [5, 5.41) is 6.55. The third-order valence-electron chi connectivity index (χ3n) is 3.04. The van der Waals surface area contributed by atoms with Crippen LogP contribution in [0.15, 0.2) is 40.6 Å². The van der Waals surface area contributed by atoms with Gasteiger partial charge in [0.15, 0.2) is 0 Å². The summed E-state index contributed by atoms with van der Waals surface area (Å²) in [6, 6.07) is 11.0. The number of rotatable bonds is 7. The predicted molar refractivity (Wildman–Crippen MR) is 92.3 cm³/mol. The maximum Gasteiger partial charge on any atom is 0.0561 e. The smallest absolute Gasteiger partial charge is 0.0561 e. The molecule has 0 aliphatic rings. The molecule has 0 fully saturated rings. The molecule has 0 aliphatic carbocycles. The second kappa shape index (κ2) is 8.08. The molecule has 0 spiro atoms. The summed E-state index contributed by atoms with van der Waals surface area (Å²) >= 11 is 9.90. The van der Waals surface area contributed by atoms with Crippen molar-refractivity contribution in [3.05, 3.63) is 51.2 Å². The van der Waals surface area contributed by atoms with Gasteiger partial charge in [0.05, 0.1) is 11.1 Å². The normalized spacial score (nSPS) is 12.6. The lowest BCUT2D eigenvalue weighted by atomic mass is 10.2. The highest BCUT2D eigenvalue weighted by Crippen LogP contribution is 2.32. The average Bonchev–Trinajstić information content (AvgIpc) is 2.87. The van der Waals surface area contributed by atoms with E-state index in [9.17, 15) is 0 Å². The third kappa shape index (κ3) is 4.52. The van der Waals surface area contributed by atoms with Crippen molar-refractivity contribution in [1.29, 1.82) is 0 Å². The van der Waals surface area contributed by atoms with Gasteiger partial charge in [-0.2, -0.15) is 0 Å². The van der Waals surface area contributed by atoms with E-state index in [2.05, 4.69) is 48.8 Å². The van der Waals surface area contributed by atoms with Gasteiger partial charge in [-0.3, -0.25) is 0 Å². The van der Waals surface area contributed by atoms with Gasteiger partial charge in [0, 0.05) is 15.5 Å². The van der Waals surface area contributed by atoms with Crippen LogP contribution in [0.4, 0.5) is 0 Å². The fourth-order valence-corrected chi connectivity index (χ4v) is 4.26. The van der Waals surface area contributed by atoms with E-state index in [1.807, 2.05) is 17.8 Å². The summed E-state index contributed by atoms with van der Waals surface area (Å²) in [4.78, 5) is 2.56. The maximum atomic E-state index is 6.28. The highest BCUT2D eigenvalue weighted by Gasteiger charge is 2.15. The molecule has 0 saturated heterocycles. The molecule has 1 unspecified atom stereocenters. The van der Waals surface area contributed by atoms with E-state index in [4.69, 9.17) is 11.6 Å². The molecule has 1 aromatic heterocycles. The van der Waals surface area contributed by atoms with Crippen molar-refractivity contribution in [3.63, 3.8) is 0 Å². The zero-order valence-electron chi connectivity index (χ0n) is 11.9. The van der Waals surface area contributed by atoms with Gasteiger partial charge >= 0.3 is 0 Å². The molecular weight excluding hydrogens is 306 g/mol. The summed E-state index contributed by atoms with van der Waals surface area (Å²) < 4.78 is 0. The monoisotopic (exact) mass is 325 g/mol. The summed E-state index contributed by atoms with van der Waals surface area (Å²) in [6.07, 6.45) is 1.13. The number of aryl methyl sites for hydroxylation is 1. The molecule has 0 saturated carbocycles.